The van der Waals surface area contributed by atoms with Gasteiger partial charge in [-0.3, -0.25) is 0 Å². The van der Waals surface area contributed by atoms with Gasteiger partial charge < -0.3 is 13.9 Å². The van der Waals surface area contributed by atoms with E-state index in [2.05, 4.69) is 191 Å². The zero-order valence-electron chi connectivity index (χ0n) is 26.6. The summed E-state index contributed by atoms with van der Waals surface area (Å²) in [7, 11) is 0. The highest BCUT2D eigenvalue weighted by Crippen LogP contribution is 2.43. The van der Waals surface area contributed by atoms with Crippen LogP contribution in [0.25, 0.3) is 71.3 Å². The number of nitrogens with zero attached hydrogens (tertiary/aromatic N) is 2. The molecule has 0 saturated heterocycles. The van der Waals surface area contributed by atoms with E-state index in [4.69, 9.17) is 4.42 Å². The van der Waals surface area contributed by atoms with Crippen molar-refractivity contribution in [3.05, 3.63) is 182 Å². The van der Waals surface area contributed by atoms with Crippen LogP contribution < -0.4 is 4.90 Å². The molecule has 0 radical (unpaired) electrons. The summed E-state index contributed by atoms with van der Waals surface area (Å²) >= 11 is 0. The van der Waals surface area contributed by atoms with Gasteiger partial charge in [0, 0.05) is 38.9 Å². The molecule has 3 heteroatoms. The second-order valence-corrected chi connectivity index (χ2v) is 12.6. The first-order chi connectivity index (χ1) is 24.3. The zero-order valence-corrected chi connectivity index (χ0v) is 26.6. The van der Waals surface area contributed by atoms with E-state index in [0.29, 0.717) is 0 Å². The molecule has 0 spiro atoms. The van der Waals surface area contributed by atoms with E-state index in [-0.39, 0.29) is 0 Å². The minimum atomic E-state index is 0.876. The quantitative estimate of drug-likeness (QED) is 0.190. The minimum absolute atomic E-state index is 0.876. The molecule has 0 fully saturated rings. The van der Waals surface area contributed by atoms with Crippen LogP contribution in [0.3, 0.4) is 0 Å². The maximum atomic E-state index is 6.76. The first-order valence-corrected chi connectivity index (χ1v) is 16.7. The summed E-state index contributed by atoms with van der Waals surface area (Å²) in [6.07, 6.45) is 0. The third kappa shape index (κ3) is 4.44. The standard InChI is InChI=1S/C46H30N2O/c1-3-11-31(12-4-1)33-19-22-36(23-20-33)47(37-24-21-32-13-7-8-14-34(32)29-37)38-25-28-44-41(30-38)39-26-27-43-45(46(39)49-44)40-17-9-10-18-42(40)48(43)35-15-5-2-6-16-35/h1-30H. The normalized spacial score (nSPS) is 11.7. The van der Waals surface area contributed by atoms with E-state index in [1.807, 2.05) is 0 Å². The van der Waals surface area contributed by atoms with Crippen molar-refractivity contribution >= 4 is 71.6 Å². The van der Waals surface area contributed by atoms with E-state index >= 15 is 0 Å². The molecule has 0 unspecified atom stereocenters. The Labute approximate surface area is 283 Å². The smallest absolute Gasteiger partial charge is 0.145 e. The molecule has 10 aromatic rings. The van der Waals surface area contributed by atoms with Gasteiger partial charge in [-0.25, -0.2) is 0 Å². The van der Waals surface area contributed by atoms with E-state index in [1.54, 1.807) is 0 Å². The Balaban J connectivity index is 1.18. The fraction of sp³-hybridized carbons (Fsp3) is 0. The maximum Gasteiger partial charge on any atom is 0.145 e. The molecule has 0 saturated carbocycles. The molecule has 3 nitrogen and oxygen atoms in total. The van der Waals surface area contributed by atoms with Crippen molar-refractivity contribution in [3.8, 4) is 16.8 Å². The number of anilines is 3. The van der Waals surface area contributed by atoms with Gasteiger partial charge in [0.2, 0.25) is 0 Å². The number of hydrogen-bond acceptors (Lipinski definition) is 2. The number of rotatable bonds is 5. The molecule has 2 aromatic heterocycles. The van der Waals surface area contributed by atoms with Crippen molar-refractivity contribution in [3.63, 3.8) is 0 Å². The number of hydrogen-bond donors (Lipinski definition) is 0. The van der Waals surface area contributed by atoms with Crippen LogP contribution in [-0.2, 0) is 0 Å². The van der Waals surface area contributed by atoms with Crippen molar-refractivity contribution in [2.75, 3.05) is 4.90 Å². The molecule has 0 bridgehead atoms. The van der Waals surface area contributed by atoms with Crippen LogP contribution in [0.15, 0.2) is 186 Å². The first kappa shape index (κ1) is 27.5. The molecule has 0 atom stereocenters. The molecule has 0 amide bonds. The van der Waals surface area contributed by atoms with Gasteiger partial charge in [0.15, 0.2) is 0 Å². The number of para-hydroxylation sites is 2. The van der Waals surface area contributed by atoms with Gasteiger partial charge in [0.25, 0.3) is 0 Å². The SMILES string of the molecule is c1ccc(-c2ccc(N(c3ccc4ccccc4c3)c3ccc4oc5c(ccc6c5c5ccccc5n6-c5ccccc5)c4c3)cc2)cc1. The lowest BCUT2D eigenvalue weighted by molar-refractivity contribution is 0.673. The predicted molar refractivity (Wildman–Crippen MR) is 206 cm³/mol. The van der Waals surface area contributed by atoms with Crippen LogP contribution in [0, 0.1) is 0 Å². The lowest BCUT2D eigenvalue weighted by Gasteiger charge is -2.26. The van der Waals surface area contributed by atoms with E-state index in [0.717, 1.165) is 55.6 Å². The monoisotopic (exact) mass is 626 g/mol. The Kier molecular flexibility index (Phi) is 6.18. The molecule has 10 rings (SSSR count). The second kappa shape index (κ2) is 11.0. The molecular weight excluding hydrogens is 597 g/mol. The third-order valence-corrected chi connectivity index (χ3v) is 9.75. The summed E-state index contributed by atoms with van der Waals surface area (Å²) in [4.78, 5) is 2.35. The Bertz CT molecular complexity index is 2810. The number of fused-ring (bicyclic) bond motifs is 8. The Hall–Kier alpha value is -6.58. The molecule has 2 heterocycles. The van der Waals surface area contributed by atoms with Crippen LogP contribution in [0.5, 0.6) is 0 Å². The van der Waals surface area contributed by atoms with Gasteiger partial charge in [0.05, 0.1) is 16.4 Å². The highest BCUT2D eigenvalue weighted by Gasteiger charge is 2.20. The average Bonchev–Trinajstić information content (AvgIpc) is 3.71. The van der Waals surface area contributed by atoms with Crippen molar-refractivity contribution in [1.82, 2.24) is 4.57 Å². The Morgan fingerprint density at radius 2 is 1.06 bits per heavy atom. The molecule has 0 N–H and O–H groups in total. The fourth-order valence-electron chi connectivity index (χ4n) is 7.47. The predicted octanol–water partition coefficient (Wildman–Crippen LogP) is 13.0. The Morgan fingerprint density at radius 1 is 0.408 bits per heavy atom. The van der Waals surface area contributed by atoms with Crippen LogP contribution in [0.1, 0.15) is 0 Å². The largest absolute Gasteiger partial charge is 0.455 e. The summed E-state index contributed by atoms with van der Waals surface area (Å²) < 4.78 is 9.10. The van der Waals surface area contributed by atoms with Crippen LogP contribution in [0.4, 0.5) is 17.1 Å². The lowest BCUT2D eigenvalue weighted by Crippen LogP contribution is -2.09. The maximum absolute atomic E-state index is 6.76. The van der Waals surface area contributed by atoms with E-state index < -0.39 is 0 Å². The molecule has 8 aromatic carbocycles. The highest BCUT2D eigenvalue weighted by molar-refractivity contribution is 6.24. The molecule has 0 aliphatic rings. The topological polar surface area (TPSA) is 21.3 Å². The number of furan rings is 1. The summed E-state index contributed by atoms with van der Waals surface area (Å²) in [6.45, 7) is 0. The third-order valence-electron chi connectivity index (χ3n) is 9.75. The Morgan fingerprint density at radius 3 is 1.90 bits per heavy atom. The summed E-state index contributed by atoms with van der Waals surface area (Å²) in [5.41, 5.74) is 10.9. The zero-order chi connectivity index (χ0) is 32.3. The second-order valence-electron chi connectivity index (χ2n) is 12.6. The van der Waals surface area contributed by atoms with E-state index in [9.17, 15) is 0 Å². The van der Waals surface area contributed by atoms with E-state index in [1.165, 1.54) is 32.8 Å². The van der Waals surface area contributed by atoms with Crippen molar-refractivity contribution in [1.29, 1.82) is 0 Å². The van der Waals surface area contributed by atoms with Gasteiger partial charge in [-0.2, -0.15) is 0 Å². The number of benzene rings is 8. The van der Waals surface area contributed by atoms with Gasteiger partial charge in [-0.15, -0.1) is 0 Å². The molecule has 0 aliphatic heterocycles. The summed E-state index contributed by atoms with van der Waals surface area (Å²) in [6, 6.07) is 64.9. The lowest BCUT2D eigenvalue weighted by atomic mass is 10.0. The van der Waals surface area contributed by atoms with Gasteiger partial charge >= 0.3 is 0 Å². The van der Waals surface area contributed by atoms with Crippen molar-refractivity contribution in [2.45, 2.75) is 0 Å². The first-order valence-electron chi connectivity index (χ1n) is 16.7. The van der Waals surface area contributed by atoms with Crippen LogP contribution in [0.2, 0.25) is 0 Å². The number of aromatic nitrogens is 1. The van der Waals surface area contributed by atoms with Crippen LogP contribution >= 0.6 is 0 Å². The van der Waals surface area contributed by atoms with Gasteiger partial charge in [-0.1, -0.05) is 109 Å². The summed E-state index contributed by atoms with van der Waals surface area (Å²) in [5.74, 6) is 0. The minimum Gasteiger partial charge on any atom is -0.455 e. The van der Waals surface area contributed by atoms with Crippen molar-refractivity contribution < 1.29 is 4.42 Å². The van der Waals surface area contributed by atoms with Crippen molar-refractivity contribution in [2.24, 2.45) is 0 Å². The fourth-order valence-corrected chi connectivity index (χ4v) is 7.47. The summed E-state index contributed by atoms with van der Waals surface area (Å²) in [5, 5.41) is 6.95. The molecule has 49 heavy (non-hydrogen) atoms. The van der Waals surface area contributed by atoms with Gasteiger partial charge in [-0.05, 0) is 94.7 Å². The molecule has 230 valence electrons. The molecule has 0 aliphatic carbocycles. The van der Waals surface area contributed by atoms with Crippen LogP contribution in [-0.4, -0.2) is 4.57 Å². The van der Waals surface area contributed by atoms with Gasteiger partial charge in [0.1, 0.15) is 11.2 Å². The average molecular weight is 627 g/mol. The highest BCUT2D eigenvalue weighted by atomic mass is 16.3. The molecular formula is C46H30N2O.